The summed E-state index contributed by atoms with van der Waals surface area (Å²) in [6.45, 7) is 1.68. The fourth-order valence-electron chi connectivity index (χ4n) is 1.48. The van der Waals surface area contributed by atoms with Crippen molar-refractivity contribution < 1.29 is 24.4 Å². The van der Waals surface area contributed by atoms with E-state index in [1.165, 1.54) is 6.07 Å². The zero-order valence-corrected chi connectivity index (χ0v) is 12.1. The number of carbonyl (C=O) groups is 2. The highest BCUT2D eigenvalue weighted by molar-refractivity contribution is 9.09. The van der Waals surface area contributed by atoms with Gasteiger partial charge in [-0.3, -0.25) is 14.9 Å². The molecule has 0 bridgehead atoms. The first-order chi connectivity index (χ1) is 9.35. The van der Waals surface area contributed by atoms with Crippen molar-refractivity contribution in [1.82, 2.24) is 0 Å². The van der Waals surface area contributed by atoms with Crippen LogP contribution in [0.25, 0.3) is 0 Å². The minimum absolute atomic E-state index is 0.176. The number of carboxylic acids is 1. The Labute approximate surface area is 122 Å². The maximum absolute atomic E-state index is 11.6. The second kappa shape index (κ2) is 6.99. The lowest BCUT2D eigenvalue weighted by Crippen LogP contribution is -2.18. The molecule has 0 aromatic heterocycles. The number of benzene rings is 1. The standard InChI is InChI=1S/C12H12BrNO6/c1-7(6-13)20-11(15)4-8-2-3-9(14(18)19)5-10(8)12(16)17/h2-3,5,7H,4,6H2,1H3,(H,16,17). The van der Waals surface area contributed by atoms with Crippen molar-refractivity contribution in [2.24, 2.45) is 0 Å². The van der Waals surface area contributed by atoms with E-state index in [0.717, 1.165) is 12.1 Å². The Kier molecular flexibility index (Phi) is 5.63. The Hall–Kier alpha value is -1.96. The van der Waals surface area contributed by atoms with Crippen LogP contribution < -0.4 is 0 Å². The van der Waals surface area contributed by atoms with Gasteiger partial charge in [0.1, 0.15) is 6.10 Å². The monoisotopic (exact) mass is 345 g/mol. The van der Waals surface area contributed by atoms with Crippen molar-refractivity contribution in [2.75, 3.05) is 5.33 Å². The molecule has 0 radical (unpaired) electrons. The molecule has 108 valence electrons. The molecule has 0 spiro atoms. The van der Waals surface area contributed by atoms with Gasteiger partial charge in [0.15, 0.2) is 0 Å². The SMILES string of the molecule is CC(CBr)OC(=O)Cc1ccc([N+](=O)[O-])cc1C(=O)O. The van der Waals surface area contributed by atoms with Crippen molar-refractivity contribution >= 4 is 33.6 Å². The molecular weight excluding hydrogens is 334 g/mol. The average molecular weight is 346 g/mol. The van der Waals surface area contributed by atoms with Crippen LogP contribution in [0.2, 0.25) is 0 Å². The highest BCUT2D eigenvalue weighted by Gasteiger charge is 2.19. The van der Waals surface area contributed by atoms with Crippen LogP contribution in [0.15, 0.2) is 18.2 Å². The molecule has 20 heavy (non-hydrogen) atoms. The molecule has 0 saturated carbocycles. The fraction of sp³-hybridized carbons (Fsp3) is 0.333. The van der Waals surface area contributed by atoms with E-state index in [2.05, 4.69) is 15.9 Å². The lowest BCUT2D eigenvalue weighted by Gasteiger charge is -2.11. The van der Waals surface area contributed by atoms with Crippen LogP contribution in [0, 0.1) is 10.1 Å². The molecule has 0 aliphatic rings. The molecule has 1 aromatic carbocycles. The molecule has 1 atom stereocenters. The van der Waals surface area contributed by atoms with Gasteiger partial charge in [-0.15, -0.1) is 0 Å². The van der Waals surface area contributed by atoms with Crippen LogP contribution in [-0.4, -0.2) is 33.4 Å². The number of hydrogen-bond acceptors (Lipinski definition) is 5. The number of nitrogens with zero attached hydrogens (tertiary/aromatic N) is 1. The Morgan fingerprint density at radius 2 is 2.15 bits per heavy atom. The van der Waals surface area contributed by atoms with E-state index in [-0.39, 0.29) is 29.3 Å². The first kappa shape index (κ1) is 16.1. The Morgan fingerprint density at radius 1 is 1.50 bits per heavy atom. The zero-order valence-electron chi connectivity index (χ0n) is 10.5. The van der Waals surface area contributed by atoms with Gasteiger partial charge in [-0.05, 0) is 12.5 Å². The van der Waals surface area contributed by atoms with Crippen molar-refractivity contribution in [3.05, 3.63) is 39.4 Å². The molecule has 1 rings (SSSR count). The molecule has 1 N–H and O–H groups in total. The van der Waals surface area contributed by atoms with Gasteiger partial charge in [-0.2, -0.15) is 0 Å². The smallest absolute Gasteiger partial charge is 0.336 e. The van der Waals surface area contributed by atoms with Crippen molar-refractivity contribution in [1.29, 1.82) is 0 Å². The molecule has 1 aromatic rings. The van der Waals surface area contributed by atoms with E-state index >= 15 is 0 Å². The first-order valence-corrected chi connectivity index (χ1v) is 6.73. The van der Waals surface area contributed by atoms with Gasteiger partial charge in [0.05, 0.1) is 16.9 Å². The Morgan fingerprint density at radius 3 is 2.65 bits per heavy atom. The van der Waals surface area contributed by atoms with Crippen LogP contribution in [0.1, 0.15) is 22.8 Å². The quantitative estimate of drug-likeness (QED) is 0.366. The molecule has 7 nitrogen and oxygen atoms in total. The summed E-state index contributed by atoms with van der Waals surface area (Å²) >= 11 is 3.15. The van der Waals surface area contributed by atoms with Gasteiger partial charge in [0.25, 0.3) is 5.69 Å². The van der Waals surface area contributed by atoms with E-state index in [1.54, 1.807) is 6.92 Å². The number of alkyl halides is 1. The van der Waals surface area contributed by atoms with Gasteiger partial charge in [-0.25, -0.2) is 4.79 Å². The summed E-state index contributed by atoms with van der Waals surface area (Å²) in [5.41, 5.74) is -0.439. The summed E-state index contributed by atoms with van der Waals surface area (Å²) in [4.78, 5) is 32.6. The average Bonchev–Trinajstić information content (AvgIpc) is 2.38. The van der Waals surface area contributed by atoms with Crippen molar-refractivity contribution in [2.45, 2.75) is 19.4 Å². The summed E-state index contributed by atoms with van der Waals surface area (Å²) in [6.07, 6.45) is -0.592. The number of nitro benzene ring substituents is 1. The summed E-state index contributed by atoms with van der Waals surface area (Å²) < 4.78 is 5.00. The van der Waals surface area contributed by atoms with Crippen LogP contribution in [-0.2, 0) is 16.0 Å². The Balaban J connectivity index is 2.97. The van der Waals surface area contributed by atoms with Crippen LogP contribution in [0.5, 0.6) is 0 Å². The number of rotatable bonds is 6. The third-order valence-electron chi connectivity index (χ3n) is 2.42. The van der Waals surface area contributed by atoms with Gasteiger partial charge in [0, 0.05) is 17.5 Å². The summed E-state index contributed by atoms with van der Waals surface area (Å²) in [7, 11) is 0. The molecule has 8 heteroatoms. The number of non-ortho nitro benzene ring substituents is 1. The lowest BCUT2D eigenvalue weighted by atomic mass is 10.0. The van der Waals surface area contributed by atoms with E-state index in [4.69, 9.17) is 9.84 Å². The summed E-state index contributed by atoms with van der Waals surface area (Å²) in [6, 6.07) is 3.34. The van der Waals surface area contributed by atoms with E-state index in [0.29, 0.717) is 5.33 Å². The van der Waals surface area contributed by atoms with Crippen LogP contribution in [0.4, 0.5) is 5.69 Å². The number of nitro groups is 1. The lowest BCUT2D eigenvalue weighted by molar-refractivity contribution is -0.384. The molecule has 0 amide bonds. The number of halogens is 1. The predicted octanol–water partition coefficient (Wildman–Crippen LogP) is 2.16. The van der Waals surface area contributed by atoms with Gasteiger partial charge in [-0.1, -0.05) is 22.0 Å². The van der Waals surface area contributed by atoms with Crippen LogP contribution in [0.3, 0.4) is 0 Å². The maximum Gasteiger partial charge on any atom is 0.336 e. The molecule has 0 heterocycles. The Bertz CT molecular complexity index is 545. The van der Waals surface area contributed by atoms with E-state index in [9.17, 15) is 19.7 Å². The number of ether oxygens (including phenoxy) is 1. The minimum atomic E-state index is -1.33. The van der Waals surface area contributed by atoms with Crippen molar-refractivity contribution in [3.63, 3.8) is 0 Å². The first-order valence-electron chi connectivity index (χ1n) is 5.61. The van der Waals surface area contributed by atoms with E-state index < -0.39 is 16.9 Å². The summed E-state index contributed by atoms with van der Waals surface area (Å²) in [5.74, 6) is -1.92. The third-order valence-corrected chi connectivity index (χ3v) is 3.33. The van der Waals surface area contributed by atoms with Gasteiger partial charge >= 0.3 is 11.9 Å². The number of esters is 1. The zero-order chi connectivity index (χ0) is 15.3. The molecule has 0 aliphatic heterocycles. The number of carbonyl (C=O) groups excluding carboxylic acids is 1. The highest BCUT2D eigenvalue weighted by atomic mass is 79.9. The third kappa shape index (κ3) is 4.30. The maximum atomic E-state index is 11.6. The number of carboxylic acid groups (broad SMARTS) is 1. The highest BCUT2D eigenvalue weighted by Crippen LogP contribution is 2.19. The number of hydrogen-bond donors (Lipinski definition) is 1. The molecule has 0 saturated heterocycles. The topological polar surface area (TPSA) is 107 Å². The normalized spacial score (nSPS) is 11.7. The fourth-order valence-corrected chi connectivity index (χ4v) is 1.62. The van der Waals surface area contributed by atoms with Gasteiger partial charge < -0.3 is 9.84 Å². The second-order valence-corrected chi connectivity index (χ2v) is 4.68. The predicted molar refractivity (Wildman–Crippen MR) is 73.1 cm³/mol. The minimum Gasteiger partial charge on any atom is -0.478 e. The van der Waals surface area contributed by atoms with E-state index in [1.807, 2.05) is 0 Å². The van der Waals surface area contributed by atoms with Gasteiger partial charge in [0.2, 0.25) is 0 Å². The van der Waals surface area contributed by atoms with Crippen molar-refractivity contribution in [3.8, 4) is 0 Å². The molecule has 0 aliphatic carbocycles. The largest absolute Gasteiger partial charge is 0.478 e. The van der Waals surface area contributed by atoms with Crippen LogP contribution >= 0.6 is 15.9 Å². The number of aromatic carboxylic acids is 1. The second-order valence-electron chi connectivity index (χ2n) is 4.04. The summed E-state index contributed by atoms with van der Waals surface area (Å²) in [5, 5.41) is 20.1. The molecular formula is C12H12BrNO6. The molecule has 1 unspecified atom stereocenters. The molecule has 0 fully saturated rings.